The summed E-state index contributed by atoms with van der Waals surface area (Å²) in [4.78, 5) is 6.74. The van der Waals surface area contributed by atoms with E-state index in [1.165, 1.54) is 0 Å². The van der Waals surface area contributed by atoms with Gasteiger partial charge in [0, 0.05) is 25.0 Å². The van der Waals surface area contributed by atoms with Gasteiger partial charge in [-0.25, -0.2) is 4.98 Å². The Morgan fingerprint density at radius 1 is 1.42 bits per heavy atom. The fourth-order valence-corrected chi connectivity index (χ4v) is 2.52. The Hall–Kier alpha value is -1.33. The fourth-order valence-electron chi connectivity index (χ4n) is 1.73. The van der Waals surface area contributed by atoms with Gasteiger partial charge in [-0.15, -0.1) is 11.3 Å². The fraction of sp³-hybridized carbons (Fsp3) is 0.500. The SMILES string of the molecule is Cc1ccc(CN(C)c2nc(CNC(C)C)cs2)o1. The maximum absolute atomic E-state index is 5.58. The van der Waals surface area contributed by atoms with E-state index in [2.05, 4.69) is 34.4 Å². The monoisotopic (exact) mass is 279 g/mol. The van der Waals surface area contributed by atoms with Crippen molar-refractivity contribution in [2.24, 2.45) is 0 Å². The molecule has 0 unspecified atom stereocenters. The summed E-state index contributed by atoms with van der Waals surface area (Å²) in [5.41, 5.74) is 1.09. The van der Waals surface area contributed by atoms with Crippen LogP contribution in [0.4, 0.5) is 5.13 Å². The number of furan rings is 1. The van der Waals surface area contributed by atoms with Crippen LogP contribution in [-0.2, 0) is 13.1 Å². The van der Waals surface area contributed by atoms with Gasteiger partial charge in [-0.2, -0.15) is 0 Å². The largest absolute Gasteiger partial charge is 0.464 e. The normalized spacial score (nSPS) is 11.2. The van der Waals surface area contributed by atoms with Crippen LogP contribution in [0.5, 0.6) is 0 Å². The lowest BCUT2D eigenvalue weighted by atomic mass is 10.4. The lowest BCUT2D eigenvalue weighted by Crippen LogP contribution is -2.22. The van der Waals surface area contributed by atoms with E-state index >= 15 is 0 Å². The molecular formula is C14H21N3OS. The summed E-state index contributed by atoms with van der Waals surface area (Å²) >= 11 is 1.67. The molecule has 0 atom stereocenters. The van der Waals surface area contributed by atoms with Gasteiger partial charge in [0.05, 0.1) is 12.2 Å². The molecule has 2 rings (SSSR count). The van der Waals surface area contributed by atoms with Crippen LogP contribution in [0, 0.1) is 6.92 Å². The second-order valence-electron chi connectivity index (χ2n) is 5.03. The van der Waals surface area contributed by atoms with Gasteiger partial charge >= 0.3 is 0 Å². The molecule has 4 nitrogen and oxygen atoms in total. The number of aromatic nitrogens is 1. The summed E-state index contributed by atoms with van der Waals surface area (Å²) in [6.45, 7) is 7.81. The smallest absolute Gasteiger partial charge is 0.185 e. The summed E-state index contributed by atoms with van der Waals surface area (Å²) in [6, 6.07) is 4.48. The highest BCUT2D eigenvalue weighted by Gasteiger charge is 2.09. The highest BCUT2D eigenvalue weighted by Crippen LogP contribution is 2.21. The third-order valence-electron chi connectivity index (χ3n) is 2.75. The minimum Gasteiger partial charge on any atom is -0.464 e. The maximum Gasteiger partial charge on any atom is 0.185 e. The van der Waals surface area contributed by atoms with Crippen molar-refractivity contribution < 1.29 is 4.42 Å². The van der Waals surface area contributed by atoms with Gasteiger partial charge in [0.2, 0.25) is 0 Å². The molecule has 0 fully saturated rings. The third kappa shape index (κ3) is 4.08. The molecule has 0 saturated carbocycles. The van der Waals surface area contributed by atoms with Crippen molar-refractivity contribution in [2.75, 3.05) is 11.9 Å². The molecule has 0 aromatic carbocycles. The Bertz CT molecular complexity index is 518. The van der Waals surface area contributed by atoms with E-state index in [0.717, 1.165) is 35.4 Å². The van der Waals surface area contributed by atoms with E-state index in [-0.39, 0.29) is 0 Å². The van der Waals surface area contributed by atoms with Crippen molar-refractivity contribution in [3.05, 3.63) is 34.7 Å². The average molecular weight is 279 g/mol. The second kappa shape index (κ2) is 6.21. The number of thiazole rings is 1. The predicted octanol–water partition coefficient (Wildman–Crippen LogP) is 3.18. The number of hydrogen-bond donors (Lipinski definition) is 1. The van der Waals surface area contributed by atoms with E-state index in [9.17, 15) is 0 Å². The summed E-state index contributed by atoms with van der Waals surface area (Å²) < 4.78 is 5.58. The molecule has 0 saturated heterocycles. The van der Waals surface area contributed by atoms with Crippen molar-refractivity contribution in [3.63, 3.8) is 0 Å². The van der Waals surface area contributed by atoms with E-state index < -0.39 is 0 Å². The van der Waals surface area contributed by atoms with Crippen LogP contribution in [0.25, 0.3) is 0 Å². The number of anilines is 1. The Labute approximate surface area is 118 Å². The van der Waals surface area contributed by atoms with Crippen LogP contribution in [0.1, 0.15) is 31.1 Å². The van der Waals surface area contributed by atoms with Crippen LogP contribution < -0.4 is 10.2 Å². The highest BCUT2D eigenvalue weighted by atomic mass is 32.1. The molecule has 0 aliphatic heterocycles. The zero-order valence-electron chi connectivity index (χ0n) is 11.9. The molecule has 2 aromatic rings. The van der Waals surface area contributed by atoms with Crippen molar-refractivity contribution in [2.45, 2.75) is 39.9 Å². The van der Waals surface area contributed by atoms with Gasteiger partial charge in [0.1, 0.15) is 11.5 Å². The Balaban J connectivity index is 1.94. The van der Waals surface area contributed by atoms with Gasteiger partial charge in [-0.05, 0) is 19.1 Å². The van der Waals surface area contributed by atoms with Gasteiger partial charge in [0.15, 0.2) is 5.13 Å². The molecule has 19 heavy (non-hydrogen) atoms. The van der Waals surface area contributed by atoms with Crippen molar-refractivity contribution in [1.29, 1.82) is 0 Å². The van der Waals surface area contributed by atoms with E-state index in [1.54, 1.807) is 11.3 Å². The van der Waals surface area contributed by atoms with Gasteiger partial charge in [-0.1, -0.05) is 13.8 Å². The Kier molecular flexibility index (Phi) is 4.61. The van der Waals surface area contributed by atoms with Crippen LogP contribution in [-0.4, -0.2) is 18.1 Å². The molecular weight excluding hydrogens is 258 g/mol. The Morgan fingerprint density at radius 3 is 2.84 bits per heavy atom. The predicted molar refractivity (Wildman–Crippen MR) is 79.6 cm³/mol. The first kappa shape index (κ1) is 14.1. The molecule has 0 amide bonds. The summed E-state index contributed by atoms with van der Waals surface area (Å²) in [7, 11) is 2.04. The van der Waals surface area contributed by atoms with Crippen molar-refractivity contribution >= 4 is 16.5 Å². The molecule has 0 radical (unpaired) electrons. The standard InChI is InChI=1S/C14H21N3OS/c1-10(2)15-7-12-9-19-14(16-12)17(4)8-13-6-5-11(3)18-13/h5-6,9-10,15H,7-8H2,1-4H3. The topological polar surface area (TPSA) is 41.3 Å². The molecule has 5 heteroatoms. The first-order chi connectivity index (χ1) is 9.04. The number of hydrogen-bond acceptors (Lipinski definition) is 5. The number of aryl methyl sites for hydroxylation is 1. The van der Waals surface area contributed by atoms with E-state index in [4.69, 9.17) is 4.42 Å². The minimum atomic E-state index is 0.481. The summed E-state index contributed by atoms with van der Waals surface area (Å²) in [5.74, 6) is 1.92. The third-order valence-corrected chi connectivity index (χ3v) is 3.75. The first-order valence-corrected chi connectivity index (χ1v) is 7.37. The van der Waals surface area contributed by atoms with Gasteiger partial charge in [0.25, 0.3) is 0 Å². The minimum absolute atomic E-state index is 0.481. The Morgan fingerprint density at radius 2 is 2.21 bits per heavy atom. The second-order valence-corrected chi connectivity index (χ2v) is 5.86. The molecule has 0 aliphatic carbocycles. The van der Waals surface area contributed by atoms with Crippen LogP contribution in [0.2, 0.25) is 0 Å². The first-order valence-electron chi connectivity index (χ1n) is 6.49. The number of rotatable bonds is 6. The van der Waals surface area contributed by atoms with Crippen LogP contribution in [0.15, 0.2) is 21.9 Å². The van der Waals surface area contributed by atoms with Gasteiger partial charge in [-0.3, -0.25) is 0 Å². The molecule has 0 spiro atoms. The quantitative estimate of drug-likeness (QED) is 0.882. The molecule has 0 aliphatic rings. The van der Waals surface area contributed by atoms with Crippen molar-refractivity contribution in [3.8, 4) is 0 Å². The number of nitrogens with zero attached hydrogens (tertiary/aromatic N) is 2. The van der Waals surface area contributed by atoms with Crippen molar-refractivity contribution in [1.82, 2.24) is 10.3 Å². The molecule has 2 aromatic heterocycles. The van der Waals surface area contributed by atoms with Crippen LogP contribution in [0.3, 0.4) is 0 Å². The zero-order chi connectivity index (χ0) is 13.8. The molecule has 0 bridgehead atoms. The molecule has 2 heterocycles. The van der Waals surface area contributed by atoms with E-state index in [0.29, 0.717) is 6.04 Å². The number of nitrogens with one attached hydrogen (secondary N) is 1. The lowest BCUT2D eigenvalue weighted by Gasteiger charge is -2.13. The molecule has 1 N–H and O–H groups in total. The maximum atomic E-state index is 5.58. The average Bonchev–Trinajstić information content (AvgIpc) is 2.95. The zero-order valence-corrected chi connectivity index (χ0v) is 12.8. The van der Waals surface area contributed by atoms with Crippen LogP contribution >= 0.6 is 11.3 Å². The molecule has 104 valence electrons. The van der Waals surface area contributed by atoms with Gasteiger partial charge < -0.3 is 14.6 Å². The van der Waals surface area contributed by atoms with E-state index in [1.807, 2.05) is 26.1 Å². The summed E-state index contributed by atoms with van der Waals surface area (Å²) in [6.07, 6.45) is 0. The highest BCUT2D eigenvalue weighted by molar-refractivity contribution is 7.13. The summed E-state index contributed by atoms with van der Waals surface area (Å²) in [5, 5.41) is 6.50. The lowest BCUT2D eigenvalue weighted by molar-refractivity contribution is 0.481.